The van der Waals surface area contributed by atoms with Crippen LogP contribution in [0.25, 0.3) is 0 Å². The number of aromatic amines is 1. The van der Waals surface area contributed by atoms with E-state index in [9.17, 15) is 0 Å². The highest BCUT2D eigenvalue weighted by Crippen LogP contribution is 2.19. The number of rotatable bonds is 5. The van der Waals surface area contributed by atoms with Gasteiger partial charge in [-0.1, -0.05) is 0 Å². The molecule has 1 fully saturated rings. The fourth-order valence-corrected chi connectivity index (χ4v) is 3.04. The van der Waals surface area contributed by atoms with E-state index in [1.165, 1.54) is 18.5 Å². The van der Waals surface area contributed by atoms with Crippen molar-refractivity contribution in [1.29, 1.82) is 0 Å². The number of hydrogen-bond acceptors (Lipinski definition) is 5. The Hall–Kier alpha value is -2.08. The molecule has 0 spiro atoms. The lowest BCUT2D eigenvalue weighted by Gasteiger charge is -2.20. The van der Waals surface area contributed by atoms with E-state index >= 15 is 0 Å². The number of hydrogen-bond donors (Lipinski definition) is 2. The first-order valence-corrected chi connectivity index (χ1v) is 8.31. The van der Waals surface area contributed by atoms with Gasteiger partial charge >= 0.3 is 0 Å². The molecular formula is C17H26N6. The Bertz CT molecular complexity index is 578. The standard InChI is InChI=1S/C17H26N6/c1-22(2)17-6-5-15(12-18-17)20-14-4-3-10-23(11-8-14)13-16-7-9-19-21-16/h5-7,9,12,14,20H,3-4,8,10-11,13H2,1-2H3,(H,19,21)/t14-/m1/s1. The summed E-state index contributed by atoms with van der Waals surface area (Å²) in [5.74, 6) is 0.988. The van der Waals surface area contributed by atoms with Crippen molar-refractivity contribution in [2.24, 2.45) is 0 Å². The molecule has 0 amide bonds. The lowest BCUT2D eigenvalue weighted by atomic mass is 10.1. The quantitative estimate of drug-likeness (QED) is 0.887. The number of pyridine rings is 1. The van der Waals surface area contributed by atoms with Crippen molar-refractivity contribution in [2.75, 3.05) is 37.4 Å². The number of anilines is 2. The molecule has 6 heteroatoms. The van der Waals surface area contributed by atoms with Crippen LogP contribution in [-0.4, -0.2) is 53.3 Å². The van der Waals surface area contributed by atoms with Crippen LogP contribution in [0.15, 0.2) is 30.6 Å². The molecule has 3 rings (SSSR count). The molecule has 1 saturated heterocycles. The lowest BCUT2D eigenvalue weighted by molar-refractivity contribution is 0.273. The first kappa shape index (κ1) is 15.8. The van der Waals surface area contributed by atoms with Gasteiger partial charge in [-0.05, 0) is 44.0 Å². The summed E-state index contributed by atoms with van der Waals surface area (Å²) in [6.45, 7) is 3.22. The fourth-order valence-electron chi connectivity index (χ4n) is 3.04. The molecule has 23 heavy (non-hydrogen) atoms. The van der Waals surface area contributed by atoms with Crippen molar-refractivity contribution in [3.05, 3.63) is 36.3 Å². The van der Waals surface area contributed by atoms with Crippen LogP contribution in [0.1, 0.15) is 25.0 Å². The highest BCUT2D eigenvalue weighted by Gasteiger charge is 2.17. The minimum absolute atomic E-state index is 0.522. The number of likely N-dealkylation sites (tertiary alicyclic amines) is 1. The number of H-pyrrole nitrogens is 1. The van der Waals surface area contributed by atoms with Crippen LogP contribution in [0.3, 0.4) is 0 Å². The Morgan fingerprint density at radius 3 is 2.87 bits per heavy atom. The summed E-state index contributed by atoms with van der Waals surface area (Å²) in [5.41, 5.74) is 2.31. The Kier molecular flexibility index (Phi) is 5.12. The molecule has 0 saturated carbocycles. The average Bonchev–Trinajstić information content (AvgIpc) is 2.96. The summed E-state index contributed by atoms with van der Waals surface area (Å²) in [7, 11) is 4.02. The lowest BCUT2D eigenvalue weighted by Crippen LogP contribution is -2.26. The summed E-state index contributed by atoms with van der Waals surface area (Å²) in [4.78, 5) is 8.99. The van der Waals surface area contributed by atoms with E-state index in [-0.39, 0.29) is 0 Å². The van der Waals surface area contributed by atoms with Crippen LogP contribution in [0.5, 0.6) is 0 Å². The van der Waals surface area contributed by atoms with Crippen molar-refractivity contribution >= 4 is 11.5 Å². The summed E-state index contributed by atoms with van der Waals surface area (Å²) in [6.07, 6.45) is 7.33. The van der Waals surface area contributed by atoms with Gasteiger partial charge in [-0.3, -0.25) is 10.00 Å². The smallest absolute Gasteiger partial charge is 0.128 e. The van der Waals surface area contributed by atoms with Gasteiger partial charge in [0, 0.05) is 45.1 Å². The first-order valence-electron chi connectivity index (χ1n) is 8.31. The molecule has 1 aliphatic heterocycles. The van der Waals surface area contributed by atoms with Gasteiger partial charge in [0.2, 0.25) is 0 Å². The third-order valence-corrected chi connectivity index (χ3v) is 4.35. The van der Waals surface area contributed by atoms with Crippen LogP contribution in [-0.2, 0) is 6.54 Å². The van der Waals surface area contributed by atoms with Crippen LogP contribution in [0, 0.1) is 0 Å². The van der Waals surface area contributed by atoms with Gasteiger partial charge in [0.25, 0.3) is 0 Å². The monoisotopic (exact) mass is 314 g/mol. The van der Waals surface area contributed by atoms with Gasteiger partial charge in [0.15, 0.2) is 0 Å². The topological polar surface area (TPSA) is 60.1 Å². The van der Waals surface area contributed by atoms with E-state index in [1.54, 1.807) is 0 Å². The minimum Gasteiger partial charge on any atom is -0.381 e. The first-order chi connectivity index (χ1) is 11.2. The van der Waals surface area contributed by atoms with Gasteiger partial charge in [-0.2, -0.15) is 5.10 Å². The normalized spacial score (nSPS) is 19.3. The second kappa shape index (κ2) is 7.46. The third-order valence-electron chi connectivity index (χ3n) is 4.35. The average molecular weight is 314 g/mol. The van der Waals surface area contributed by atoms with Gasteiger partial charge in [-0.25, -0.2) is 4.98 Å². The summed E-state index contributed by atoms with van der Waals surface area (Å²) < 4.78 is 0. The van der Waals surface area contributed by atoms with Crippen LogP contribution >= 0.6 is 0 Å². The maximum absolute atomic E-state index is 4.47. The Balaban J connectivity index is 1.51. The van der Waals surface area contributed by atoms with Gasteiger partial charge in [-0.15, -0.1) is 0 Å². The molecular weight excluding hydrogens is 288 g/mol. The summed E-state index contributed by atoms with van der Waals surface area (Å²) >= 11 is 0. The maximum Gasteiger partial charge on any atom is 0.128 e. The van der Waals surface area contributed by atoms with Crippen molar-refractivity contribution in [2.45, 2.75) is 31.8 Å². The summed E-state index contributed by atoms with van der Waals surface area (Å²) in [5, 5.41) is 10.7. The van der Waals surface area contributed by atoms with Crippen molar-refractivity contribution in [1.82, 2.24) is 20.1 Å². The highest BCUT2D eigenvalue weighted by molar-refractivity contribution is 5.48. The third kappa shape index (κ3) is 4.45. The van der Waals surface area contributed by atoms with Crippen LogP contribution < -0.4 is 10.2 Å². The van der Waals surface area contributed by atoms with E-state index in [1.807, 2.05) is 31.4 Å². The Morgan fingerprint density at radius 2 is 2.17 bits per heavy atom. The molecule has 124 valence electrons. The van der Waals surface area contributed by atoms with Gasteiger partial charge in [0.05, 0.1) is 11.9 Å². The van der Waals surface area contributed by atoms with Crippen molar-refractivity contribution in [3.8, 4) is 0 Å². The molecule has 2 aromatic heterocycles. The molecule has 6 nitrogen and oxygen atoms in total. The maximum atomic E-state index is 4.47. The van der Waals surface area contributed by atoms with E-state index in [4.69, 9.17) is 0 Å². The molecule has 2 aromatic rings. The predicted octanol–water partition coefficient (Wildman–Crippen LogP) is 2.34. The zero-order valence-corrected chi connectivity index (χ0v) is 14.0. The highest BCUT2D eigenvalue weighted by atomic mass is 15.2. The van der Waals surface area contributed by atoms with Crippen LogP contribution in [0.2, 0.25) is 0 Å². The van der Waals surface area contributed by atoms with E-state index < -0.39 is 0 Å². The Morgan fingerprint density at radius 1 is 1.26 bits per heavy atom. The second-order valence-corrected chi connectivity index (χ2v) is 6.43. The molecule has 0 aliphatic carbocycles. The zero-order chi connectivity index (χ0) is 16.1. The number of nitrogens with zero attached hydrogens (tertiary/aromatic N) is 4. The predicted molar refractivity (Wildman–Crippen MR) is 93.7 cm³/mol. The van der Waals surface area contributed by atoms with E-state index in [0.717, 1.165) is 37.6 Å². The molecule has 1 atom stereocenters. The van der Waals surface area contributed by atoms with Crippen molar-refractivity contribution < 1.29 is 0 Å². The molecule has 0 unspecified atom stereocenters. The molecule has 0 radical (unpaired) electrons. The molecule has 3 heterocycles. The summed E-state index contributed by atoms with van der Waals surface area (Å²) in [6, 6.07) is 6.76. The molecule has 0 bridgehead atoms. The molecule has 2 N–H and O–H groups in total. The van der Waals surface area contributed by atoms with Gasteiger partial charge < -0.3 is 10.2 Å². The van der Waals surface area contributed by atoms with E-state index in [0.29, 0.717) is 6.04 Å². The number of nitrogens with one attached hydrogen (secondary N) is 2. The van der Waals surface area contributed by atoms with E-state index in [2.05, 4.69) is 43.6 Å². The largest absolute Gasteiger partial charge is 0.381 e. The minimum atomic E-state index is 0.522. The fraction of sp³-hybridized carbons (Fsp3) is 0.529. The number of aromatic nitrogens is 3. The molecule has 0 aromatic carbocycles. The Labute approximate surface area is 137 Å². The SMILES string of the molecule is CN(C)c1ccc(N[C@@H]2CCCN(Cc3ccn[nH]3)CC2)cn1. The zero-order valence-electron chi connectivity index (χ0n) is 14.0. The second-order valence-electron chi connectivity index (χ2n) is 6.43. The van der Waals surface area contributed by atoms with Gasteiger partial charge in [0.1, 0.15) is 5.82 Å². The van der Waals surface area contributed by atoms with Crippen molar-refractivity contribution in [3.63, 3.8) is 0 Å². The van der Waals surface area contributed by atoms with Crippen LogP contribution in [0.4, 0.5) is 11.5 Å². The molecule has 1 aliphatic rings.